The Hall–Kier alpha value is -3.92. The van der Waals surface area contributed by atoms with E-state index < -0.39 is 40.2 Å². The first kappa shape index (κ1) is 33.0. The lowest BCUT2D eigenvalue weighted by Crippen LogP contribution is -2.54. The van der Waals surface area contributed by atoms with Crippen LogP contribution in [0.4, 0.5) is 10.1 Å². The molecule has 4 rings (SSSR count). The lowest BCUT2D eigenvalue weighted by Gasteiger charge is -2.34. The molecule has 1 atom stereocenters. The lowest BCUT2D eigenvalue weighted by atomic mass is 10.0. The van der Waals surface area contributed by atoms with Crippen LogP contribution in [0.15, 0.2) is 108 Å². The van der Waals surface area contributed by atoms with Crippen LogP contribution in [0.2, 0.25) is 10.0 Å². The Morgan fingerprint density at radius 3 is 2.09 bits per heavy atom. The minimum absolute atomic E-state index is 0.0115. The second-order valence-electron chi connectivity index (χ2n) is 10.4. The van der Waals surface area contributed by atoms with Gasteiger partial charge in [-0.25, -0.2) is 12.8 Å². The number of nitrogens with zero attached hydrogens (tertiary/aromatic N) is 2. The van der Waals surface area contributed by atoms with E-state index in [-0.39, 0.29) is 34.6 Å². The van der Waals surface area contributed by atoms with E-state index in [4.69, 9.17) is 23.2 Å². The van der Waals surface area contributed by atoms with Gasteiger partial charge >= 0.3 is 0 Å². The number of anilines is 1. The molecule has 0 saturated carbocycles. The monoisotopic (exact) mass is 655 g/mol. The van der Waals surface area contributed by atoms with E-state index in [1.54, 1.807) is 42.5 Å². The van der Waals surface area contributed by atoms with Gasteiger partial charge in [-0.05, 0) is 67.4 Å². The molecule has 0 unspecified atom stereocenters. The first-order chi connectivity index (χ1) is 21.0. The number of carbonyl (C=O) groups excluding carboxylic acids is 2. The van der Waals surface area contributed by atoms with Crippen molar-refractivity contribution < 1.29 is 22.4 Å². The molecule has 0 radical (unpaired) electrons. The quantitative estimate of drug-likeness (QED) is 0.189. The molecule has 2 amide bonds. The van der Waals surface area contributed by atoms with Gasteiger partial charge in [0.05, 0.1) is 15.6 Å². The van der Waals surface area contributed by atoms with E-state index in [2.05, 4.69) is 5.32 Å². The van der Waals surface area contributed by atoms with Crippen molar-refractivity contribution in [3.63, 3.8) is 0 Å². The molecule has 0 aliphatic carbocycles. The summed E-state index contributed by atoms with van der Waals surface area (Å²) >= 11 is 12.3. The van der Waals surface area contributed by atoms with Gasteiger partial charge in [-0.3, -0.25) is 13.9 Å². The van der Waals surface area contributed by atoms with E-state index in [1.165, 1.54) is 23.1 Å². The van der Waals surface area contributed by atoms with Crippen molar-refractivity contribution in [2.45, 2.75) is 43.8 Å². The highest BCUT2D eigenvalue weighted by Gasteiger charge is 2.35. The van der Waals surface area contributed by atoms with Crippen LogP contribution in [-0.4, -0.2) is 43.8 Å². The van der Waals surface area contributed by atoms with Crippen LogP contribution in [0, 0.1) is 5.82 Å². The fourth-order valence-corrected chi connectivity index (χ4v) is 6.47. The molecule has 0 aliphatic rings. The Morgan fingerprint density at radius 1 is 0.841 bits per heavy atom. The van der Waals surface area contributed by atoms with Crippen LogP contribution in [0.5, 0.6) is 0 Å². The summed E-state index contributed by atoms with van der Waals surface area (Å²) in [5, 5.41) is 3.03. The number of carbonyl (C=O) groups is 2. The van der Waals surface area contributed by atoms with Crippen molar-refractivity contribution in [3.8, 4) is 0 Å². The SMILES string of the molecule is CC(C)NC(=O)[C@H](Cc1ccccc1)N(Cc1cccc(Cl)c1)C(=O)CN(c1ccc(F)c(Cl)c1)S(=O)(=O)c1ccccc1. The Balaban J connectivity index is 1.82. The average molecular weight is 657 g/mol. The summed E-state index contributed by atoms with van der Waals surface area (Å²) in [4.78, 5) is 29.3. The van der Waals surface area contributed by atoms with Gasteiger partial charge in [-0.1, -0.05) is 83.9 Å². The highest BCUT2D eigenvalue weighted by molar-refractivity contribution is 7.92. The molecule has 0 aromatic heterocycles. The maximum atomic E-state index is 14.4. The van der Waals surface area contributed by atoms with Crippen molar-refractivity contribution in [1.82, 2.24) is 10.2 Å². The van der Waals surface area contributed by atoms with Gasteiger partial charge in [0, 0.05) is 24.0 Å². The zero-order valence-corrected chi connectivity index (χ0v) is 26.5. The second kappa shape index (κ2) is 14.7. The van der Waals surface area contributed by atoms with Gasteiger partial charge in [0.25, 0.3) is 10.0 Å². The third kappa shape index (κ3) is 8.37. The summed E-state index contributed by atoms with van der Waals surface area (Å²) in [5.74, 6) is -1.80. The molecule has 4 aromatic carbocycles. The van der Waals surface area contributed by atoms with Crippen molar-refractivity contribution >= 4 is 50.7 Å². The fourth-order valence-electron chi connectivity index (χ4n) is 4.66. The summed E-state index contributed by atoms with van der Waals surface area (Å²) in [6.07, 6.45) is 0.166. The number of sulfonamides is 1. The van der Waals surface area contributed by atoms with Gasteiger partial charge in [-0.2, -0.15) is 0 Å². The largest absolute Gasteiger partial charge is 0.352 e. The zero-order chi connectivity index (χ0) is 31.9. The van der Waals surface area contributed by atoms with E-state index in [0.29, 0.717) is 10.6 Å². The Bertz CT molecular complexity index is 1710. The molecule has 0 heterocycles. The summed E-state index contributed by atoms with van der Waals surface area (Å²) < 4.78 is 42.9. The lowest BCUT2D eigenvalue weighted by molar-refractivity contribution is -0.140. The van der Waals surface area contributed by atoms with Crippen molar-refractivity contribution in [2.24, 2.45) is 0 Å². The molecule has 1 N–H and O–H groups in total. The average Bonchev–Trinajstić information content (AvgIpc) is 2.99. The zero-order valence-electron chi connectivity index (χ0n) is 24.2. The minimum Gasteiger partial charge on any atom is -0.352 e. The summed E-state index contributed by atoms with van der Waals surface area (Å²) in [6, 6.07) is 25.9. The maximum absolute atomic E-state index is 14.4. The Labute approximate surface area is 267 Å². The molecular weight excluding hydrogens is 624 g/mol. The second-order valence-corrected chi connectivity index (χ2v) is 13.1. The van der Waals surface area contributed by atoms with Gasteiger partial charge in [0.2, 0.25) is 11.8 Å². The van der Waals surface area contributed by atoms with Gasteiger partial charge in [0.15, 0.2) is 0 Å². The van der Waals surface area contributed by atoms with Gasteiger partial charge in [-0.15, -0.1) is 0 Å². The molecule has 0 fully saturated rings. The number of amides is 2. The highest BCUT2D eigenvalue weighted by atomic mass is 35.5. The van der Waals surface area contributed by atoms with E-state index >= 15 is 0 Å². The normalized spacial score (nSPS) is 12.0. The summed E-state index contributed by atoms with van der Waals surface area (Å²) in [6.45, 7) is 2.89. The predicted molar refractivity (Wildman–Crippen MR) is 172 cm³/mol. The predicted octanol–water partition coefficient (Wildman–Crippen LogP) is 6.49. The maximum Gasteiger partial charge on any atom is 0.264 e. The van der Waals surface area contributed by atoms with Crippen LogP contribution < -0.4 is 9.62 Å². The van der Waals surface area contributed by atoms with E-state index in [0.717, 1.165) is 22.0 Å². The summed E-state index contributed by atoms with van der Waals surface area (Å²) in [7, 11) is -4.33. The van der Waals surface area contributed by atoms with Crippen LogP contribution in [0.1, 0.15) is 25.0 Å². The number of hydrogen-bond acceptors (Lipinski definition) is 4. The van der Waals surface area contributed by atoms with Crippen LogP contribution in [-0.2, 0) is 32.6 Å². The minimum atomic E-state index is -4.33. The third-order valence-corrected chi connectivity index (χ3v) is 9.06. The standard InChI is InChI=1S/C33H32Cl2FN3O4S/c1-23(2)37-33(41)31(19-24-10-5-3-6-11-24)38(21-25-12-9-13-26(34)18-25)32(40)22-39(27-16-17-30(36)29(35)20-27)44(42,43)28-14-7-4-8-15-28/h3-18,20,23,31H,19,21-22H2,1-2H3,(H,37,41)/t31-/m0/s1. The smallest absolute Gasteiger partial charge is 0.264 e. The fraction of sp³-hybridized carbons (Fsp3) is 0.212. The molecule has 11 heteroatoms. The Morgan fingerprint density at radius 2 is 1.48 bits per heavy atom. The topological polar surface area (TPSA) is 86.8 Å². The number of halogens is 3. The first-order valence-electron chi connectivity index (χ1n) is 13.9. The van der Waals surface area contributed by atoms with Crippen molar-refractivity contribution in [3.05, 3.63) is 130 Å². The van der Waals surface area contributed by atoms with Crippen LogP contribution >= 0.6 is 23.2 Å². The van der Waals surface area contributed by atoms with Crippen LogP contribution in [0.3, 0.4) is 0 Å². The summed E-state index contributed by atoms with van der Waals surface area (Å²) in [5.41, 5.74) is 1.44. The number of benzene rings is 4. The first-order valence-corrected chi connectivity index (χ1v) is 16.1. The highest BCUT2D eigenvalue weighted by Crippen LogP contribution is 2.28. The molecule has 0 aliphatic heterocycles. The van der Waals surface area contributed by atoms with Crippen molar-refractivity contribution in [1.29, 1.82) is 0 Å². The number of hydrogen-bond donors (Lipinski definition) is 1. The van der Waals surface area contributed by atoms with Crippen LogP contribution in [0.25, 0.3) is 0 Å². The Kier molecular flexibility index (Phi) is 11.0. The number of nitrogens with one attached hydrogen (secondary N) is 1. The van der Waals surface area contributed by atoms with E-state index in [1.807, 2.05) is 44.2 Å². The van der Waals surface area contributed by atoms with E-state index in [9.17, 15) is 22.4 Å². The molecule has 0 saturated heterocycles. The van der Waals surface area contributed by atoms with Crippen molar-refractivity contribution in [2.75, 3.05) is 10.8 Å². The molecule has 0 bridgehead atoms. The molecular formula is C33H32Cl2FN3O4S. The van der Waals surface area contributed by atoms with Gasteiger partial charge in [0.1, 0.15) is 18.4 Å². The number of rotatable bonds is 12. The molecule has 7 nitrogen and oxygen atoms in total. The molecule has 230 valence electrons. The van der Waals surface area contributed by atoms with Gasteiger partial charge < -0.3 is 10.2 Å². The molecule has 44 heavy (non-hydrogen) atoms. The molecule has 0 spiro atoms. The molecule has 4 aromatic rings. The third-order valence-electron chi connectivity index (χ3n) is 6.75.